The van der Waals surface area contributed by atoms with E-state index in [2.05, 4.69) is 10.6 Å². The van der Waals surface area contributed by atoms with E-state index in [1.54, 1.807) is 0 Å². The number of hydrogen-bond acceptors (Lipinski definition) is 2. The summed E-state index contributed by atoms with van der Waals surface area (Å²) >= 11 is 0. The van der Waals surface area contributed by atoms with E-state index in [1.165, 1.54) is 38.5 Å². The fourth-order valence-corrected chi connectivity index (χ4v) is 4.24. The lowest BCUT2D eigenvalue weighted by Crippen LogP contribution is -2.39. The van der Waals surface area contributed by atoms with E-state index < -0.39 is 0 Å². The second-order valence-corrected chi connectivity index (χ2v) is 6.51. The highest BCUT2D eigenvalue weighted by atomic mass is 16.1. The molecule has 0 aromatic carbocycles. The molecule has 0 aromatic heterocycles. The highest BCUT2D eigenvalue weighted by Crippen LogP contribution is 2.48. The smallest absolute Gasteiger partial charge is 0.223 e. The van der Waals surface area contributed by atoms with Crippen LogP contribution in [0.25, 0.3) is 0 Å². The minimum absolute atomic E-state index is 0.345. The zero-order valence-corrected chi connectivity index (χ0v) is 11.3. The van der Waals surface area contributed by atoms with Crippen molar-refractivity contribution in [2.24, 2.45) is 17.8 Å². The molecule has 0 aromatic rings. The maximum atomic E-state index is 12.1. The summed E-state index contributed by atoms with van der Waals surface area (Å²) in [6.45, 7) is 2.02. The van der Waals surface area contributed by atoms with Gasteiger partial charge >= 0.3 is 0 Å². The van der Waals surface area contributed by atoms with Gasteiger partial charge in [-0.25, -0.2) is 0 Å². The number of amides is 1. The molecule has 2 aliphatic carbocycles. The van der Waals surface area contributed by atoms with Crippen molar-refractivity contribution >= 4 is 5.91 Å². The molecule has 1 aliphatic heterocycles. The quantitative estimate of drug-likeness (QED) is 0.802. The lowest BCUT2D eigenvalue weighted by molar-refractivity contribution is -0.126. The topological polar surface area (TPSA) is 41.1 Å². The fourth-order valence-electron chi connectivity index (χ4n) is 4.24. The number of hydrogen-bond donors (Lipinski definition) is 2. The van der Waals surface area contributed by atoms with Crippen LogP contribution in [0.15, 0.2) is 0 Å². The third-order valence-electron chi connectivity index (χ3n) is 5.28. The Balaban J connectivity index is 1.36. The maximum Gasteiger partial charge on any atom is 0.223 e. The highest BCUT2D eigenvalue weighted by molar-refractivity contribution is 5.79. The summed E-state index contributed by atoms with van der Waals surface area (Å²) in [7, 11) is 0. The third-order valence-corrected chi connectivity index (χ3v) is 5.28. The van der Waals surface area contributed by atoms with Crippen LogP contribution < -0.4 is 10.6 Å². The molecule has 1 saturated heterocycles. The van der Waals surface area contributed by atoms with E-state index in [-0.39, 0.29) is 0 Å². The Morgan fingerprint density at radius 2 is 2.11 bits per heavy atom. The summed E-state index contributed by atoms with van der Waals surface area (Å²) < 4.78 is 0. The Morgan fingerprint density at radius 1 is 1.17 bits per heavy atom. The van der Waals surface area contributed by atoms with Crippen LogP contribution in [0.2, 0.25) is 0 Å². The summed E-state index contributed by atoms with van der Waals surface area (Å²) in [4.78, 5) is 12.1. The van der Waals surface area contributed by atoms with E-state index >= 15 is 0 Å². The second kappa shape index (κ2) is 5.60. The van der Waals surface area contributed by atoms with Crippen molar-refractivity contribution in [2.45, 2.75) is 57.4 Å². The van der Waals surface area contributed by atoms with Crippen LogP contribution in [0.5, 0.6) is 0 Å². The summed E-state index contributed by atoms with van der Waals surface area (Å²) in [5, 5.41) is 6.72. The Hall–Kier alpha value is -0.570. The van der Waals surface area contributed by atoms with Gasteiger partial charge in [-0.2, -0.15) is 0 Å². The molecule has 3 heteroatoms. The molecule has 3 aliphatic rings. The molecule has 4 atom stereocenters. The second-order valence-electron chi connectivity index (χ2n) is 6.51. The largest absolute Gasteiger partial charge is 0.356 e. The molecular weight excluding hydrogens is 224 g/mol. The van der Waals surface area contributed by atoms with Crippen LogP contribution in [0.4, 0.5) is 0 Å². The van der Waals surface area contributed by atoms with Gasteiger partial charge in [0.25, 0.3) is 0 Å². The molecule has 0 spiro atoms. The fraction of sp³-hybridized carbons (Fsp3) is 0.933. The van der Waals surface area contributed by atoms with Crippen LogP contribution >= 0.6 is 0 Å². The molecule has 2 N–H and O–H groups in total. The molecule has 4 unspecified atom stereocenters. The van der Waals surface area contributed by atoms with Gasteiger partial charge in [-0.3, -0.25) is 4.79 Å². The first-order chi connectivity index (χ1) is 8.83. The van der Waals surface area contributed by atoms with Crippen molar-refractivity contribution in [2.75, 3.05) is 13.1 Å². The lowest BCUT2D eigenvalue weighted by Gasteiger charge is -2.24. The van der Waals surface area contributed by atoms with Crippen molar-refractivity contribution < 1.29 is 4.79 Å². The molecule has 102 valence electrons. The molecule has 2 saturated carbocycles. The SMILES string of the molecule is O=C(NCCC1CCCCN1)C1CC2CCC1C2. The lowest BCUT2D eigenvalue weighted by atomic mass is 9.88. The average molecular weight is 250 g/mol. The molecule has 1 amide bonds. The monoisotopic (exact) mass is 250 g/mol. The van der Waals surface area contributed by atoms with Gasteiger partial charge in [0.2, 0.25) is 5.91 Å². The van der Waals surface area contributed by atoms with Gasteiger partial charge in [-0.15, -0.1) is 0 Å². The number of carbonyl (C=O) groups excluding carboxylic acids is 1. The predicted molar refractivity (Wildman–Crippen MR) is 72.2 cm³/mol. The zero-order valence-electron chi connectivity index (χ0n) is 11.3. The Morgan fingerprint density at radius 3 is 2.78 bits per heavy atom. The third kappa shape index (κ3) is 2.71. The van der Waals surface area contributed by atoms with Crippen molar-refractivity contribution in [1.29, 1.82) is 0 Å². The number of rotatable bonds is 4. The molecule has 18 heavy (non-hydrogen) atoms. The maximum absolute atomic E-state index is 12.1. The van der Waals surface area contributed by atoms with Crippen LogP contribution in [-0.4, -0.2) is 25.0 Å². The average Bonchev–Trinajstić information content (AvgIpc) is 3.02. The standard InChI is InChI=1S/C15H26N2O/c18-15(14-10-11-4-5-12(14)9-11)17-8-6-13-3-1-2-7-16-13/h11-14,16H,1-10H2,(H,17,18). The summed E-state index contributed by atoms with van der Waals surface area (Å²) in [6.07, 6.45) is 10.2. The van der Waals surface area contributed by atoms with Gasteiger partial charge in [-0.1, -0.05) is 12.8 Å². The molecule has 0 radical (unpaired) electrons. The van der Waals surface area contributed by atoms with Gasteiger partial charge in [0.15, 0.2) is 0 Å². The predicted octanol–water partition coefficient (Wildman–Crippen LogP) is 2.07. The highest BCUT2D eigenvalue weighted by Gasteiger charge is 2.42. The molecule has 3 nitrogen and oxygen atoms in total. The van der Waals surface area contributed by atoms with Crippen molar-refractivity contribution in [3.05, 3.63) is 0 Å². The van der Waals surface area contributed by atoms with Crippen LogP contribution in [-0.2, 0) is 4.79 Å². The van der Waals surface area contributed by atoms with Gasteiger partial charge in [0.1, 0.15) is 0 Å². The van der Waals surface area contributed by atoms with E-state index in [0.29, 0.717) is 23.8 Å². The molecule has 3 rings (SSSR count). The van der Waals surface area contributed by atoms with E-state index in [9.17, 15) is 4.79 Å². The number of nitrogens with one attached hydrogen (secondary N) is 2. The zero-order chi connectivity index (χ0) is 12.4. The Bertz CT molecular complexity index is 299. The number of fused-ring (bicyclic) bond motifs is 2. The number of piperidine rings is 1. The number of carbonyl (C=O) groups is 1. The minimum Gasteiger partial charge on any atom is -0.356 e. The van der Waals surface area contributed by atoms with Crippen molar-refractivity contribution in [3.63, 3.8) is 0 Å². The first-order valence-electron chi connectivity index (χ1n) is 7.84. The summed E-state index contributed by atoms with van der Waals surface area (Å²) in [6, 6.07) is 0.638. The van der Waals surface area contributed by atoms with Gasteiger partial charge in [0.05, 0.1) is 0 Å². The van der Waals surface area contributed by atoms with Gasteiger partial charge in [0, 0.05) is 18.5 Å². The van der Waals surface area contributed by atoms with Crippen molar-refractivity contribution in [3.8, 4) is 0 Å². The van der Waals surface area contributed by atoms with Crippen LogP contribution in [0.3, 0.4) is 0 Å². The molecule has 2 bridgehead atoms. The van der Waals surface area contributed by atoms with Gasteiger partial charge in [-0.05, 0) is 56.9 Å². The van der Waals surface area contributed by atoms with E-state index in [4.69, 9.17) is 0 Å². The van der Waals surface area contributed by atoms with Crippen LogP contribution in [0.1, 0.15) is 51.4 Å². The summed E-state index contributed by atoms with van der Waals surface area (Å²) in [5.74, 6) is 2.27. The molecule has 1 heterocycles. The summed E-state index contributed by atoms with van der Waals surface area (Å²) in [5.41, 5.74) is 0. The first-order valence-corrected chi connectivity index (χ1v) is 7.84. The Kier molecular flexibility index (Phi) is 3.88. The van der Waals surface area contributed by atoms with E-state index in [1.807, 2.05) is 0 Å². The van der Waals surface area contributed by atoms with Crippen molar-refractivity contribution in [1.82, 2.24) is 10.6 Å². The molecular formula is C15H26N2O. The van der Waals surface area contributed by atoms with E-state index in [0.717, 1.165) is 31.8 Å². The van der Waals surface area contributed by atoms with Gasteiger partial charge < -0.3 is 10.6 Å². The Labute approximate surface area is 110 Å². The van der Waals surface area contributed by atoms with Crippen LogP contribution in [0, 0.1) is 17.8 Å². The minimum atomic E-state index is 0.345. The normalized spacial score (nSPS) is 38.9. The molecule has 3 fully saturated rings. The first kappa shape index (κ1) is 12.5.